The van der Waals surface area contributed by atoms with Crippen LogP contribution in [-0.2, 0) is 20.0 Å². The smallest absolute Gasteiger partial charge is 0.274 e. The predicted octanol–water partition coefficient (Wildman–Crippen LogP) is 1.11. The van der Waals surface area contributed by atoms with Gasteiger partial charge < -0.3 is 9.47 Å². The van der Waals surface area contributed by atoms with E-state index in [1.165, 1.54) is 23.7 Å². The Hall–Kier alpha value is -2.25. The fourth-order valence-corrected chi connectivity index (χ4v) is 3.66. The SMILES string of the molecule is Cn1nncc1C(=O)N1CCCC1c1nnc2n1CCCCC2. The standard InChI is InChI=1S/C15H21N7O/c1-20-12(10-16-19-20)15(23)21-9-5-6-11(21)14-18-17-13-7-3-2-4-8-22(13)14/h10-11H,2-9H2,1H3. The lowest BCUT2D eigenvalue weighted by Crippen LogP contribution is -2.33. The maximum absolute atomic E-state index is 12.8. The van der Waals surface area contributed by atoms with E-state index in [0.29, 0.717) is 5.69 Å². The van der Waals surface area contributed by atoms with Crippen LogP contribution in [0.3, 0.4) is 0 Å². The number of rotatable bonds is 2. The first-order valence-corrected chi connectivity index (χ1v) is 8.33. The second kappa shape index (κ2) is 5.75. The zero-order valence-electron chi connectivity index (χ0n) is 13.4. The Labute approximate surface area is 134 Å². The Morgan fingerprint density at radius 2 is 2.09 bits per heavy atom. The number of aryl methyl sites for hydroxylation is 2. The number of nitrogens with zero attached hydrogens (tertiary/aromatic N) is 7. The number of fused-ring (bicyclic) bond motifs is 1. The van der Waals surface area contributed by atoms with Gasteiger partial charge in [0, 0.05) is 26.6 Å². The van der Waals surface area contributed by atoms with Gasteiger partial charge in [-0.25, -0.2) is 4.68 Å². The van der Waals surface area contributed by atoms with Crippen LogP contribution in [0, 0.1) is 0 Å². The molecule has 4 heterocycles. The van der Waals surface area contributed by atoms with Crippen molar-refractivity contribution < 1.29 is 4.79 Å². The number of hydrogen-bond donors (Lipinski definition) is 0. The molecule has 1 unspecified atom stereocenters. The molecule has 8 nitrogen and oxygen atoms in total. The van der Waals surface area contributed by atoms with Crippen molar-refractivity contribution in [2.45, 2.75) is 51.1 Å². The van der Waals surface area contributed by atoms with Gasteiger partial charge in [-0.1, -0.05) is 11.6 Å². The Kier molecular flexibility index (Phi) is 3.59. The van der Waals surface area contributed by atoms with Gasteiger partial charge in [0.05, 0.1) is 12.2 Å². The van der Waals surface area contributed by atoms with Crippen molar-refractivity contribution >= 4 is 5.91 Å². The zero-order valence-corrected chi connectivity index (χ0v) is 13.4. The molecule has 1 saturated heterocycles. The quantitative estimate of drug-likeness (QED) is 0.829. The lowest BCUT2D eigenvalue weighted by molar-refractivity contribution is 0.0716. The molecule has 1 amide bonds. The van der Waals surface area contributed by atoms with E-state index >= 15 is 0 Å². The minimum absolute atomic E-state index is 0.0109. The molecule has 2 aliphatic heterocycles. The van der Waals surface area contributed by atoms with Gasteiger partial charge in [-0.2, -0.15) is 0 Å². The summed E-state index contributed by atoms with van der Waals surface area (Å²) in [6.07, 6.45) is 8.01. The first-order valence-electron chi connectivity index (χ1n) is 8.33. The highest BCUT2D eigenvalue weighted by Crippen LogP contribution is 2.33. The van der Waals surface area contributed by atoms with E-state index in [1.54, 1.807) is 7.05 Å². The summed E-state index contributed by atoms with van der Waals surface area (Å²) in [5.74, 6) is 1.99. The topological polar surface area (TPSA) is 81.7 Å². The molecule has 1 fully saturated rings. The van der Waals surface area contributed by atoms with Crippen molar-refractivity contribution in [3.8, 4) is 0 Å². The summed E-state index contributed by atoms with van der Waals surface area (Å²) in [6, 6.07) is 0.0109. The molecule has 2 aromatic rings. The third-order valence-corrected chi connectivity index (χ3v) is 4.88. The van der Waals surface area contributed by atoms with E-state index in [0.717, 1.165) is 50.4 Å². The molecule has 0 bridgehead atoms. The molecule has 4 rings (SSSR count). The predicted molar refractivity (Wildman–Crippen MR) is 81.6 cm³/mol. The van der Waals surface area contributed by atoms with Crippen LogP contribution in [0.5, 0.6) is 0 Å². The van der Waals surface area contributed by atoms with Gasteiger partial charge in [-0.15, -0.1) is 15.3 Å². The van der Waals surface area contributed by atoms with Crippen LogP contribution in [0.4, 0.5) is 0 Å². The molecular weight excluding hydrogens is 294 g/mol. The monoisotopic (exact) mass is 315 g/mol. The maximum Gasteiger partial charge on any atom is 0.274 e. The van der Waals surface area contributed by atoms with Gasteiger partial charge in [-0.3, -0.25) is 4.79 Å². The van der Waals surface area contributed by atoms with E-state index in [-0.39, 0.29) is 11.9 Å². The van der Waals surface area contributed by atoms with Crippen molar-refractivity contribution in [3.05, 3.63) is 23.5 Å². The average Bonchev–Trinajstić information content (AvgIpc) is 3.23. The van der Waals surface area contributed by atoms with Crippen molar-refractivity contribution in [3.63, 3.8) is 0 Å². The van der Waals surface area contributed by atoms with E-state index in [9.17, 15) is 4.79 Å². The molecule has 0 aliphatic carbocycles. The van der Waals surface area contributed by atoms with E-state index in [2.05, 4.69) is 25.1 Å². The van der Waals surface area contributed by atoms with Crippen LogP contribution < -0.4 is 0 Å². The van der Waals surface area contributed by atoms with E-state index in [4.69, 9.17) is 0 Å². The molecule has 0 saturated carbocycles. The molecule has 2 aromatic heterocycles. The number of aromatic nitrogens is 6. The number of hydrogen-bond acceptors (Lipinski definition) is 5. The van der Waals surface area contributed by atoms with Gasteiger partial charge >= 0.3 is 0 Å². The molecule has 0 radical (unpaired) electrons. The Bertz CT molecular complexity index is 719. The fourth-order valence-electron chi connectivity index (χ4n) is 3.66. The fraction of sp³-hybridized carbons (Fsp3) is 0.667. The normalized spacial score (nSPS) is 21.3. The summed E-state index contributed by atoms with van der Waals surface area (Å²) < 4.78 is 3.77. The third kappa shape index (κ3) is 2.42. The summed E-state index contributed by atoms with van der Waals surface area (Å²) in [7, 11) is 1.74. The molecule has 23 heavy (non-hydrogen) atoms. The van der Waals surface area contributed by atoms with Crippen LogP contribution in [-0.4, -0.2) is 47.1 Å². The van der Waals surface area contributed by atoms with E-state index < -0.39 is 0 Å². The maximum atomic E-state index is 12.8. The molecular formula is C15H21N7O. The average molecular weight is 315 g/mol. The molecule has 0 aromatic carbocycles. The highest BCUT2D eigenvalue weighted by molar-refractivity contribution is 5.92. The van der Waals surface area contributed by atoms with Gasteiger partial charge in [0.15, 0.2) is 5.82 Å². The summed E-state index contributed by atoms with van der Waals surface area (Å²) in [6.45, 7) is 1.71. The highest BCUT2D eigenvalue weighted by atomic mass is 16.2. The van der Waals surface area contributed by atoms with Crippen LogP contribution in [0.15, 0.2) is 6.20 Å². The molecule has 8 heteroatoms. The van der Waals surface area contributed by atoms with Crippen molar-refractivity contribution in [2.75, 3.05) is 6.54 Å². The number of carbonyl (C=O) groups excluding carboxylic acids is 1. The van der Waals surface area contributed by atoms with Crippen LogP contribution >= 0.6 is 0 Å². The molecule has 0 N–H and O–H groups in total. The number of amides is 1. The molecule has 2 aliphatic rings. The minimum Gasteiger partial charge on any atom is -0.327 e. The summed E-state index contributed by atoms with van der Waals surface area (Å²) >= 11 is 0. The highest BCUT2D eigenvalue weighted by Gasteiger charge is 2.35. The Morgan fingerprint density at radius 1 is 1.17 bits per heavy atom. The summed E-state index contributed by atoms with van der Waals surface area (Å²) in [4.78, 5) is 14.7. The first kappa shape index (κ1) is 14.3. The van der Waals surface area contributed by atoms with Crippen molar-refractivity contribution in [1.29, 1.82) is 0 Å². The lowest BCUT2D eigenvalue weighted by Gasteiger charge is -2.24. The van der Waals surface area contributed by atoms with Gasteiger partial charge in [-0.05, 0) is 25.7 Å². The summed E-state index contributed by atoms with van der Waals surface area (Å²) in [5, 5.41) is 16.5. The Morgan fingerprint density at radius 3 is 2.91 bits per heavy atom. The van der Waals surface area contributed by atoms with Crippen molar-refractivity contribution in [2.24, 2.45) is 7.05 Å². The van der Waals surface area contributed by atoms with Crippen LogP contribution in [0.1, 0.15) is 60.3 Å². The minimum atomic E-state index is -0.0222. The lowest BCUT2D eigenvalue weighted by atomic mass is 10.2. The number of carbonyl (C=O) groups is 1. The Balaban J connectivity index is 1.65. The van der Waals surface area contributed by atoms with Crippen molar-refractivity contribution in [1.82, 2.24) is 34.7 Å². The second-order valence-electron chi connectivity index (χ2n) is 6.34. The van der Waals surface area contributed by atoms with Gasteiger partial charge in [0.25, 0.3) is 5.91 Å². The largest absolute Gasteiger partial charge is 0.327 e. The molecule has 1 atom stereocenters. The number of likely N-dealkylation sites (tertiary alicyclic amines) is 1. The van der Waals surface area contributed by atoms with Crippen LogP contribution in [0.2, 0.25) is 0 Å². The van der Waals surface area contributed by atoms with E-state index in [1.807, 2.05) is 4.90 Å². The summed E-state index contributed by atoms with van der Waals surface area (Å²) in [5.41, 5.74) is 0.521. The first-order chi connectivity index (χ1) is 11.3. The van der Waals surface area contributed by atoms with Gasteiger partial charge in [0.1, 0.15) is 11.5 Å². The zero-order chi connectivity index (χ0) is 15.8. The molecule has 122 valence electrons. The second-order valence-corrected chi connectivity index (χ2v) is 6.34. The van der Waals surface area contributed by atoms with Crippen LogP contribution in [0.25, 0.3) is 0 Å². The third-order valence-electron chi connectivity index (χ3n) is 4.88. The van der Waals surface area contributed by atoms with Gasteiger partial charge in [0.2, 0.25) is 0 Å². The molecule has 0 spiro atoms.